The summed E-state index contributed by atoms with van der Waals surface area (Å²) in [4.78, 5) is 22.3. The van der Waals surface area contributed by atoms with Gasteiger partial charge < -0.3 is 4.90 Å². The molecule has 0 spiro atoms. The summed E-state index contributed by atoms with van der Waals surface area (Å²) in [7, 11) is 0. The van der Waals surface area contributed by atoms with E-state index in [0.29, 0.717) is 25.1 Å². The van der Waals surface area contributed by atoms with Crippen molar-refractivity contribution in [3.8, 4) is 11.3 Å². The first kappa shape index (κ1) is 22.0. The van der Waals surface area contributed by atoms with Crippen LogP contribution in [0.15, 0.2) is 79.0 Å². The van der Waals surface area contributed by atoms with Gasteiger partial charge in [-0.25, -0.2) is 9.50 Å². The summed E-state index contributed by atoms with van der Waals surface area (Å²) in [6.45, 7) is 6.11. The second-order valence-corrected chi connectivity index (χ2v) is 8.54. The van der Waals surface area contributed by atoms with Gasteiger partial charge in [0.15, 0.2) is 5.65 Å². The van der Waals surface area contributed by atoms with Gasteiger partial charge in [0.1, 0.15) is 0 Å². The molecule has 5 rings (SSSR count). The zero-order valence-electron chi connectivity index (χ0n) is 19.5. The van der Waals surface area contributed by atoms with Crippen molar-refractivity contribution in [2.75, 3.05) is 32.7 Å². The zero-order valence-corrected chi connectivity index (χ0v) is 19.5. The summed E-state index contributed by atoms with van der Waals surface area (Å²) in [5, 5.41) is 4.78. The van der Waals surface area contributed by atoms with Gasteiger partial charge in [-0.15, -0.1) is 0 Å². The molecular formula is C28H29N5O. The Hall–Kier alpha value is -3.77. The van der Waals surface area contributed by atoms with Gasteiger partial charge in [0.2, 0.25) is 0 Å². The molecule has 0 unspecified atom stereocenters. The maximum atomic E-state index is 13.4. The summed E-state index contributed by atoms with van der Waals surface area (Å²) in [5.74, 6) is 0.0440. The number of hydrogen-bond acceptors (Lipinski definition) is 4. The molecule has 0 N–H and O–H groups in total. The summed E-state index contributed by atoms with van der Waals surface area (Å²) < 4.78 is 1.83. The third-order valence-corrected chi connectivity index (χ3v) is 6.35. The number of amides is 1. The minimum atomic E-state index is 0.0440. The van der Waals surface area contributed by atoms with Crippen LogP contribution in [0.3, 0.4) is 0 Å². The monoisotopic (exact) mass is 451 g/mol. The van der Waals surface area contributed by atoms with Gasteiger partial charge in [0, 0.05) is 50.6 Å². The van der Waals surface area contributed by atoms with Crippen LogP contribution in [0.4, 0.5) is 0 Å². The number of nitrogens with zero attached hydrogens (tertiary/aromatic N) is 5. The van der Waals surface area contributed by atoms with E-state index in [1.807, 2.05) is 64.0 Å². The van der Waals surface area contributed by atoms with Crippen molar-refractivity contribution in [3.63, 3.8) is 0 Å². The van der Waals surface area contributed by atoms with E-state index in [1.165, 1.54) is 5.56 Å². The Kier molecular flexibility index (Phi) is 6.49. The van der Waals surface area contributed by atoms with E-state index in [2.05, 4.69) is 41.1 Å². The standard InChI is InChI=1S/C28H29N5O/c1-2-26-24(21-29-27-20-25(30-33(26)27)23-13-7-4-8-14-23)28(34)32-18-16-31(17-19-32)15-9-12-22-10-5-3-6-11-22/h3-14,20-21H,2,15-19H2,1H3/b12-9+. The van der Waals surface area contributed by atoms with Crippen molar-refractivity contribution >= 4 is 17.6 Å². The Labute approximate surface area is 200 Å². The highest BCUT2D eigenvalue weighted by Gasteiger charge is 2.25. The SMILES string of the molecule is CCc1c(C(=O)N2CCN(C/C=C/c3ccccc3)CC2)cnc2cc(-c3ccccc3)nn12. The van der Waals surface area contributed by atoms with Crippen LogP contribution < -0.4 is 0 Å². The van der Waals surface area contributed by atoms with E-state index in [4.69, 9.17) is 5.10 Å². The number of carbonyl (C=O) groups excluding carboxylic acids is 1. The second kappa shape index (κ2) is 10.0. The molecule has 2 aromatic heterocycles. The van der Waals surface area contributed by atoms with Gasteiger partial charge >= 0.3 is 0 Å². The average Bonchev–Trinajstić information content (AvgIpc) is 3.34. The summed E-state index contributed by atoms with van der Waals surface area (Å²) in [6.07, 6.45) is 6.78. The van der Waals surface area contributed by atoms with Crippen LogP contribution >= 0.6 is 0 Å². The molecule has 1 aliphatic heterocycles. The Morgan fingerprint density at radius 2 is 1.68 bits per heavy atom. The quantitative estimate of drug-likeness (QED) is 0.435. The van der Waals surface area contributed by atoms with Crippen molar-refractivity contribution in [1.82, 2.24) is 24.4 Å². The molecule has 4 aromatic rings. The van der Waals surface area contributed by atoms with Crippen molar-refractivity contribution in [1.29, 1.82) is 0 Å². The number of carbonyl (C=O) groups is 1. The van der Waals surface area contributed by atoms with Gasteiger partial charge in [0.05, 0.1) is 17.0 Å². The Balaban J connectivity index is 1.27. The molecule has 0 atom stereocenters. The van der Waals surface area contributed by atoms with Crippen molar-refractivity contribution in [3.05, 3.63) is 95.8 Å². The molecule has 0 aliphatic carbocycles. The van der Waals surface area contributed by atoms with Crippen LogP contribution in [0.2, 0.25) is 0 Å². The molecule has 6 heteroatoms. The molecule has 172 valence electrons. The number of aryl methyl sites for hydroxylation is 1. The van der Waals surface area contributed by atoms with Gasteiger partial charge in [0.25, 0.3) is 5.91 Å². The lowest BCUT2D eigenvalue weighted by molar-refractivity contribution is 0.0648. The first-order chi connectivity index (χ1) is 16.7. The van der Waals surface area contributed by atoms with Crippen LogP contribution in [-0.4, -0.2) is 63.0 Å². The first-order valence-electron chi connectivity index (χ1n) is 11.9. The van der Waals surface area contributed by atoms with E-state index in [-0.39, 0.29) is 5.91 Å². The van der Waals surface area contributed by atoms with Crippen LogP contribution in [0, 0.1) is 0 Å². The molecular weight excluding hydrogens is 422 g/mol. The Morgan fingerprint density at radius 3 is 2.38 bits per heavy atom. The molecule has 1 fully saturated rings. The predicted molar refractivity (Wildman–Crippen MR) is 136 cm³/mol. The lowest BCUT2D eigenvalue weighted by Crippen LogP contribution is -2.48. The second-order valence-electron chi connectivity index (χ2n) is 8.54. The highest BCUT2D eigenvalue weighted by atomic mass is 16.2. The van der Waals surface area contributed by atoms with Crippen LogP contribution in [0.25, 0.3) is 23.0 Å². The van der Waals surface area contributed by atoms with Crippen molar-refractivity contribution in [2.24, 2.45) is 0 Å². The number of piperazine rings is 1. The zero-order chi connectivity index (χ0) is 23.3. The number of fused-ring (bicyclic) bond motifs is 1. The summed E-state index contributed by atoms with van der Waals surface area (Å²) in [5.41, 5.74) is 5.44. The normalized spacial score (nSPS) is 14.8. The fourth-order valence-corrected chi connectivity index (χ4v) is 4.46. The van der Waals surface area contributed by atoms with E-state index in [1.54, 1.807) is 6.20 Å². The average molecular weight is 452 g/mol. The molecule has 1 aliphatic rings. The fourth-order valence-electron chi connectivity index (χ4n) is 4.46. The molecule has 2 aromatic carbocycles. The number of benzene rings is 2. The van der Waals surface area contributed by atoms with Crippen molar-refractivity contribution < 1.29 is 4.79 Å². The van der Waals surface area contributed by atoms with Gasteiger partial charge in [-0.3, -0.25) is 9.69 Å². The third kappa shape index (κ3) is 4.63. The van der Waals surface area contributed by atoms with Gasteiger partial charge in [-0.1, -0.05) is 79.7 Å². The number of aromatic nitrogens is 3. The minimum Gasteiger partial charge on any atom is -0.336 e. The Bertz CT molecular complexity index is 1290. The number of hydrogen-bond donors (Lipinski definition) is 0. The molecule has 1 saturated heterocycles. The topological polar surface area (TPSA) is 53.7 Å². The maximum Gasteiger partial charge on any atom is 0.257 e. The molecule has 3 heterocycles. The smallest absolute Gasteiger partial charge is 0.257 e. The first-order valence-corrected chi connectivity index (χ1v) is 11.9. The van der Waals surface area contributed by atoms with Gasteiger partial charge in [-0.2, -0.15) is 5.10 Å². The van der Waals surface area contributed by atoms with E-state index in [9.17, 15) is 4.79 Å². The lowest BCUT2D eigenvalue weighted by atomic mass is 10.1. The Morgan fingerprint density at radius 1 is 0.971 bits per heavy atom. The van der Waals surface area contributed by atoms with E-state index >= 15 is 0 Å². The summed E-state index contributed by atoms with van der Waals surface area (Å²) in [6, 6.07) is 22.4. The van der Waals surface area contributed by atoms with Gasteiger partial charge in [-0.05, 0) is 12.0 Å². The number of rotatable bonds is 6. The molecule has 6 nitrogen and oxygen atoms in total. The van der Waals surface area contributed by atoms with Crippen molar-refractivity contribution in [2.45, 2.75) is 13.3 Å². The van der Waals surface area contributed by atoms with E-state index in [0.717, 1.165) is 42.2 Å². The van der Waals surface area contributed by atoms with Crippen LogP contribution in [-0.2, 0) is 6.42 Å². The molecule has 0 radical (unpaired) electrons. The predicted octanol–water partition coefficient (Wildman–Crippen LogP) is 4.43. The molecule has 0 saturated carbocycles. The molecule has 1 amide bonds. The van der Waals surface area contributed by atoms with Crippen LogP contribution in [0.5, 0.6) is 0 Å². The summed E-state index contributed by atoms with van der Waals surface area (Å²) >= 11 is 0. The molecule has 0 bridgehead atoms. The third-order valence-electron chi connectivity index (χ3n) is 6.35. The largest absolute Gasteiger partial charge is 0.336 e. The highest BCUT2D eigenvalue weighted by Crippen LogP contribution is 2.22. The highest BCUT2D eigenvalue weighted by molar-refractivity contribution is 5.95. The minimum absolute atomic E-state index is 0.0440. The van der Waals surface area contributed by atoms with Crippen LogP contribution in [0.1, 0.15) is 28.5 Å². The fraction of sp³-hybridized carbons (Fsp3) is 0.250. The maximum absolute atomic E-state index is 13.4. The lowest BCUT2D eigenvalue weighted by Gasteiger charge is -2.34. The molecule has 34 heavy (non-hydrogen) atoms. The van der Waals surface area contributed by atoms with E-state index < -0.39 is 0 Å².